The van der Waals surface area contributed by atoms with Gasteiger partial charge in [0.2, 0.25) is 0 Å². The molecule has 0 fully saturated rings. The van der Waals surface area contributed by atoms with Crippen molar-refractivity contribution in [3.8, 4) is 11.3 Å². The summed E-state index contributed by atoms with van der Waals surface area (Å²) in [6.07, 6.45) is 2.73. The maximum atomic E-state index is 6.70. The van der Waals surface area contributed by atoms with Crippen LogP contribution in [0.1, 0.15) is 38.8 Å². The van der Waals surface area contributed by atoms with Crippen LogP contribution in [0.4, 0.5) is 0 Å². The Morgan fingerprint density at radius 3 is 2.35 bits per heavy atom. The lowest BCUT2D eigenvalue weighted by Gasteiger charge is -2.19. The number of aromatic nitrogens is 3. The molecule has 2 aromatic heterocycles. The molecule has 0 spiro atoms. The number of fused-ring (bicyclic) bond motifs is 1. The van der Waals surface area contributed by atoms with Gasteiger partial charge in [-0.15, -0.1) is 0 Å². The van der Waals surface area contributed by atoms with E-state index in [9.17, 15) is 0 Å². The average Bonchev–Trinajstić information content (AvgIpc) is 2.89. The third-order valence-corrected chi connectivity index (χ3v) is 4.48. The van der Waals surface area contributed by atoms with Gasteiger partial charge in [-0.2, -0.15) is 5.10 Å². The number of rotatable bonds is 2. The van der Waals surface area contributed by atoms with Crippen molar-refractivity contribution in [2.24, 2.45) is 0 Å². The predicted octanol–water partition coefficient (Wildman–Crippen LogP) is 5.38. The van der Waals surface area contributed by atoms with Crippen LogP contribution in [0.2, 0.25) is 5.02 Å². The van der Waals surface area contributed by atoms with Crippen LogP contribution in [-0.4, -0.2) is 14.8 Å². The van der Waals surface area contributed by atoms with E-state index >= 15 is 0 Å². The van der Waals surface area contributed by atoms with E-state index in [2.05, 4.69) is 63.9 Å². The number of pyridine rings is 1. The lowest BCUT2D eigenvalue weighted by Crippen LogP contribution is -2.23. The van der Waals surface area contributed by atoms with Crippen molar-refractivity contribution in [1.82, 2.24) is 14.8 Å². The van der Waals surface area contributed by atoms with Gasteiger partial charge in [0.1, 0.15) is 5.69 Å². The Morgan fingerprint density at radius 1 is 1.13 bits per heavy atom. The Balaban J connectivity index is 2.38. The normalized spacial score (nSPS) is 12.1. The number of aryl methyl sites for hydroxylation is 2. The van der Waals surface area contributed by atoms with Crippen LogP contribution in [-0.2, 0) is 12.0 Å². The largest absolute Gasteiger partial charge is 0.241 e. The summed E-state index contributed by atoms with van der Waals surface area (Å²) in [6, 6.07) is 8.39. The fraction of sp³-hybridized carbons (Fsp3) is 0.368. The first-order valence-corrected chi connectivity index (χ1v) is 8.34. The second-order valence-electron chi connectivity index (χ2n) is 6.95. The van der Waals surface area contributed by atoms with E-state index in [4.69, 9.17) is 16.7 Å². The molecule has 0 bridgehead atoms. The SMILES string of the molecule is CCc1cnc2c(c(-c3ccc(C)cc3)nn2C(C)(C)C)c1Cl. The maximum absolute atomic E-state index is 6.70. The van der Waals surface area contributed by atoms with Gasteiger partial charge >= 0.3 is 0 Å². The van der Waals surface area contributed by atoms with Gasteiger partial charge in [-0.05, 0) is 39.7 Å². The fourth-order valence-corrected chi connectivity index (χ4v) is 3.07. The van der Waals surface area contributed by atoms with Crippen molar-refractivity contribution < 1.29 is 0 Å². The molecule has 0 aliphatic rings. The number of benzene rings is 1. The topological polar surface area (TPSA) is 30.7 Å². The monoisotopic (exact) mass is 327 g/mol. The Morgan fingerprint density at radius 2 is 1.78 bits per heavy atom. The molecule has 0 unspecified atom stereocenters. The molecule has 2 heterocycles. The van der Waals surface area contributed by atoms with Gasteiger partial charge in [0.05, 0.1) is 15.9 Å². The second kappa shape index (κ2) is 5.64. The molecule has 3 rings (SSSR count). The summed E-state index contributed by atoms with van der Waals surface area (Å²) in [5.41, 5.74) is 4.94. The van der Waals surface area contributed by atoms with Gasteiger partial charge in [0, 0.05) is 11.8 Å². The molecule has 0 saturated heterocycles. The van der Waals surface area contributed by atoms with E-state index in [1.165, 1.54) is 5.56 Å². The predicted molar refractivity (Wildman–Crippen MR) is 97.1 cm³/mol. The highest BCUT2D eigenvalue weighted by Gasteiger charge is 2.24. The van der Waals surface area contributed by atoms with Crippen LogP contribution < -0.4 is 0 Å². The van der Waals surface area contributed by atoms with Crippen molar-refractivity contribution >= 4 is 22.6 Å². The second-order valence-corrected chi connectivity index (χ2v) is 7.32. The highest BCUT2D eigenvalue weighted by Crippen LogP contribution is 2.36. The lowest BCUT2D eigenvalue weighted by molar-refractivity contribution is 0.367. The third-order valence-electron chi connectivity index (χ3n) is 4.05. The molecule has 0 radical (unpaired) electrons. The van der Waals surface area contributed by atoms with Crippen LogP contribution >= 0.6 is 11.6 Å². The van der Waals surface area contributed by atoms with Crippen LogP contribution in [0, 0.1) is 6.92 Å². The van der Waals surface area contributed by atoms with Gasteiger partial charge < -0.3 is 0 Å². The number of hydrogen-bond acceptors (Lipinski definition) is 2. The zero-order valence-electron chi connectivity index (χ0n) is 14.3. The van der Waals surface area contributed by atoms with E-state index < -0.39 is 0 Å². The summed E-state index contributed by atoms with van der Waals surface area (Å²) in [7, 11) is 0. The molecule has 3 nitrogen and oxygen atoms in total. The molecule has 0 aliphatic heterocycles. The maximum Gasteiger partial charge on any atom is 0.160 e. The minimum Gasteiger partial charge on any atom is -0.241 e. The van der Waals surface area contributed by atoms with E-state index in [-0.39, 0.29) is 5.54 Å². The first-order valence-electron chi connectivity index (χ1n) is 7.96. The minimum absolute atomic E-state index is 0.161. The average molecular weight is 328 g/mol. The summed E-state index contributed by atoms with van der Waals surface area (Å²) in [6.45, 7) is 10.6. The summed E-state index contributed by atoms with van der Waals surface area (Å²) < 4.78 is 1.98. The van der Waals surface area contributed by atoms with Crippen molar-refractivity contribution in [1.29, 1.82) is 0 Å². The Kier molecular flexibility index (Phi) is 3.93. The highest BCUT2D eigenvalue weighted by atomic mass is 35.5. The van der Waals surface area contributed by atoms with Crippen molar-refractivity contribution in [2.75, 3.05) is 0 Å². The molecule has 23 heavy (non-hydrogen) atoms. The minimum atomic E-state index is -0.161. The molecule has 0 N–H and O–H groups in total. The summed E-state index contributed by atoms with van der Waals surface area (Å²) in [5, 5.41) is 6.58. The summed E-state index contributed by atoms with van der Waals surface area (Å²) >= 11 is 6.70. The van der Waals surface area contributed by atoms with Gasteiger partial charge in [-0.25, -0.2) is 9.67 Å². The fourth-order valence-electron chi connectivity index (χ4n) is 2.71. The Bertz CT molecular complexity index is 855. The van der Waals surface area contributed by atoms with Gasteiger partial charge in [-0.3, -0.25) is 0 Å². The Labute approximate surface area is 142 Å². The third kappa shape index (κ3) is 2.74. The molecule has 120 valence electrons. The van der Waals surface area contributed by atoms with E-state index in [0.717, 1.165) is 39.3 Å². The van der Waals surface area contributed by atoms with Gasteiger partial charge in [0.25, 0.3) is 0 Å². The van der Waals surface area contributed by atoms with Crippen LogP contribution in [0.3, 0.4) is 0 Å². The molecule has 4 heteroatoms. The Hall–Kier alpha value is -1.87. The molecule has 3 aromatic rings. The van der Waals surface area contributed by atoms with E-state index in [1.807, 2.05) is 10.9 Å². The smallest absolute Gasteiger partial charge is 0.160 e. The molecular formula is C19H22ClN3. The van der Waals surface area contributed by atoms with E-state index in [0.29, 0.717) is 0 Å². The first kappa shape index (κ1) is 16.0. The van der Waals surface area contributed by atoms with Crippen molar-refractivity contribution in [3.05, 3.63) is 46.6 Å². The molecule has 0 aliphatic carbocycles. The van der Waals surface area contributed by atoms with Gasteiger partial charge in [0.15, 0.2) is 5.65 Å². The zero-order chi connectivity index (χ0) is 16.8. The van der Waals surface area contributed by atoms with Crippen molar-refractivity contribution in [2.45, 2.75) is 46.6 Å². The summed E-state index contributed by atoms with van der Waals surface area (Å²) in [4.78, 5) is 4.66. The van der Waals surface area contributed by atoms with Gasteiger partial charge in [-0.1, -0.05) is 48.4 Å². The quantitative estimate of drug-likeness (QED) is 0.632. The number of nitrogens with zero attached hydrogens (tertiary/aromatic N) is 3. The summed E-state index contributed by atoms with van der Waals surface area (Å²) in [5.74, 6) is 0. The van der Waals surface area contributed by atoms with Crippen molar-refractivity contribution in [3.63, 3.8) is 0 Å². The molecule has 0 atom stereocenters. The van der Waals surface area contributed by atoms with E-state index in [1.54, 1.807) is 0 Å². The highest BCUT2D eigenvalue weighted by molar-refractivity contribution is 6.37. The first-order chi connectivity index (χ1) is 10.8. The lowest BCUT2D eigenvalue weighted by atomic mass is 10.1. The molecule has 1 aromatic carbocycles. The molecule has 0 amide bonds. The zero-order valence-corrected chi connectivity index (χ0v) is 15.1. The number of halogens is 1. The number of hydrogen-bond donors (Lipinski definition) is 0. The van der Waals surface area contributed by atoms with Crippen LogP contribution in [0.25, 0.3) is 22.3 Å². The standard InChI is InChI=1S/C19H22ClN3/c1-6-13-11-21-18-15(16(13)20)17(22-23(18)19(3,4)5)14-9-7-12(2)8-10-14/h7-11H,6H2,1-5H3. The molecular weight excluding hydrogens is 306 g/mol. The molecule has 0 saturated carbocycles. The van der Waals surface area contributed by atoms with Crippen LogP contribution in [0.5, 0.6) is 0 Å². The van der Waals surface area contributed by atoms with Crippen LogP contribution in [0.15, 0.2) is 30.5 Å².